The average Bonchev–Trinajstić information content (AvgIpc) is 3.51. The van der Waals surface area contributed by atoms with E-state index in [1.54, 1.807) is 0 Å². The molecule has 180 valence electrons. The SMILES string of the molecule is CN(C)CCN(C)c1ccc(Nc2ncc3nc([SH]4C=CC=C4)n(C4CCOCC4)c3n2)cc1. The second kappa shape index (κ2) is 10.2. The zero-order chi connectivity index (χ0) is 23.5. The first-order valence-corrected chi connectivity index (χ1v) is 13.3. The van der Waals surface area contributed by atoms with Crippen LogP contribution in [-0.4, -0.2) is 71.9 Å². The molecule has 9 heteroatoms. The molecule has 0 saturated carbocycles. The minimum atomic E-state index is -0.554. The molecule has 0 aliphatic carbocycles. The second-order valence-electron chi connectivity index (χ2n) is 9.01. The van der Waals surface area contributed by atoms with Crippen molar-refractivity contribution in [1.82, 2.24) is 24.4 Å². The highest BCUT2D eigenvalue weighted by molar-refractivity contribution is 8.22. The van der Waals surface area contributed by atoms with Crippen molar-refractivity contribution >= 4 is 39.4 Å². The number of ether oxygens (including phenoxy) is 1. The number of hydrogen-bond donors (Lipinski definition) is 2. The summed E-state index contributed by atoms with van der Waals surface area (Å²) in [5, 5.41) is 8.97. The maximum absolute atomic E-state index is 5.62. The summed E-state index contributed by atoms with van der Waals surface area (Å²) in [4.78, 5) is 18.9. The highest BCUT2D eigenvalue weighted by Gasteiger charge is 2.25. The molecule has 0 bridgehead atoms. The van der Waals surface area contributed by atoms with Crippen LogP contribution in [0.5, 0.6) is 0 Å². The molecular weight excluding hydrogens is 446 g/mol. The Morgan fingerprint density at radius 1 is 1.03 bits per heavy atom. The summed E-state index contributed by atoms with van der Waals surface area (Å²) in [5.41, 5.74) is 3.90. The zero-order valence-electron chi connectivity index (χ0n) is 20.1. The molecular formula is C25H33N7OS. The number of aromatic nitrogens is 4. The van der Waals surface area contributed by atoms with E-state index in [9.17, 15) is 0 Å². The van der Waals surface area contributed by atoms with E-state index in [-0.39, 0.29) is 0 Å². The van der Waals surface area contributed by atoms with Crippen LogP contribution in [0.4, 0.5) is 17.3 Å². The van der Waals surface area contributed by atoms with Crippen molar-refractivity contribution in [2.45, 2.75) is 24.0 Å². The minimum Gasteiger partial charge on any atom is -0.381 e. The van der Waals surface area contributed by atoms with Crippen molar-refractivity contribution in [3.05, 3.63) is 53.4 Å². The van der Waals surface area contributed by atoms with Crippen molar-refractivity contribution in [3.63, 3.8) is 0 Å². The fraction of sp³-hybridized carbons (Fsp3) is 0.400. The first kappa shape index (κ1) is 22.9. The normalized spacial score (nSPS) is 17.2. The summed E-state index contributed by atoms with van der Waals surface area (Å²) in [7, 11) is 5.75. The highest BCUT2D eigenvalue weighted by Crippen LogP contribution is 2.44. The number of fused-ring (bicyclic) bond motifs is 1. The average molecular weight is 480 g/mol. The number of allylic oxidation sites excluding steroid dienone is 2. The summed E-state index contributed by atoms with van der Waals surface area (Å²) >= 11 is 0. The lowest BCUT2D eigenvalue weighted by molar-refractivity contribution is 0.0683. The molecule has 1 saturated heterocycles. The van der Waals surface area contributed by atoms with Crippen molar-refractivity contribution < 1.29 is 4.74 Å². The van der Waals surface area contributed by atoms with Crippen LogP contribution >= 0.6 is 10.9 Å². The van der Waals surface area contributed by atoms with E-state index in [4.69, 9.17) is 14.7 Å². The molecule has 34 heavy (non-hydrogen) atoms. The minimum absolute atomic E-state index is 0.346. The molecule has 1 aromatic carbocycles. The summed E-state index contributed by atoms with van der Waals surface area (Å²) in [6, 6.07) is 8.75. The Hall–Kier alpha value is -2.88. The number of anilines is 3. The number of nitrogens with zero attached hydrogens (tertiary/aromatic N) is 6. The van der Waals surface area contributed by atoms with Gasteiger partial charge in [-0.2, -0.15) is 15.9 Å². The van der Waals surface area contributed by atoms with Gasteiger partial charge in [0.25, 0.3) is 0 Å². The van der Waals surface area contributed by atoms with E-state index < -0.39 is 10.9 Å². The first-order chi connectivity index (χ1) is 16.6. The highest BCUT2D eigenvalue weighted by atomic mass is 32.2. The van der Waals surface area contributed by atoms with Crippen LogP contribution in [0.2, 0.25) is 0 Å². The third-order valence-corrected chi connectivity index (χ3v) is 8.02. The van der Waals surface area contributed by atoms with Crippen LogP contribution < -0.4 is 10.2 Å². The summed E-state index contributed by atoms with van der Waals surface area (Å²) < 4.78 is 7.97. The van der Waals surface area contributed by atoms with Crippen molar-refractivity contribution in [3.8, 4) is 0 Å². The van der Waals surface area contributed by atoms with Gasteiger partial charge < -0.3 is 24.4 Å². The van der Waals surface area contributed by atoms with Gasteiger partial charge in [0, 0.05) is 50.8 Å². The van der Waals surface area contributed by atoms with Crippen molar-refractivity contribution in [2.24, 2.45) is 0 Å². The Kier molecular flexibility index (Phi) is 6.85. The van der Waals surface area contributed by atoms with Gasteiger partial charge in [0.2, 0.25) is 5.95 Å². The van der Waals surface area contributed by atoms with Crippen LogP contribution in [0.15, 0.2) is 58.6 Å². The lowest BCUT2D eigenvalue weighted by atomic mass is 10.1. The molecule has 8 nitrogen and oxygen atoms in total. The Balaban J connectivity index is 1.40. The van der Waals surface area contributed by atoms with E-state index in [2.05, 4.69) is 93.0 Å². The third kappa shape index (κ3) is 4.96. The molecule has 2 aliphatic heterocycles. The van der Waals surface area contributed by atoms with Crippen LogP contribution in [-0.2, 0) is 4.74 Å². The largest absolute Gasteiger partial charge is 0.381 e. The van der Waals surface area contributed by atoms with Gasteiger partial charge in [0.05, 0.1) is 6.20 Å². The fourth-order valence-corrected chi connectivity index (χ4v) is 5.94. The number of thiol groups is 1. The topological polar surface area (TPSA) is 71.3 Å². The maximum atomic E-state index is 5.62. The van der Waals surface area contributed by atoms with Gasteiger partial charge in [0.1, 0.15) is 5.52 Å². The maximum Gasteiger partial charge on any atom is 0.229 e. The molecule has 0 atom stereocenters. The molecule has 3 aromatic rings. The summed E-state index contributed by atoms with van der Waals surface area (Å²) in [6.45, 7) is 3.55. The number of nitrogens with one attached hydrogen (secondary N) is 1. The zero-order valence-corrected chi connectivity index (χ0v) is 20.9. The molecule has 0 amide bonds. The number of hydrogen-bond acceptors (Lipinski definition) is 7. The van der Waals surface area contributed by atoms with Gasteiger partial charge in [-0.1, -0.05) is 12.2 Å². The molecule has 4 heterocycles. The second-order valence-corrected chi connectivity index (χ2v) is 10.8. The molecule has 2 aromatic heterocycles. The molecule has 1 N–H and O–H groups in total. The lowest BCUT2D eigenvalue weighted by Crippen LogP contribution is -2.28. The van der Waals surface area contributed by atoms with E-state index in [0.717, 1.165) is 61.2 Å². The first-order valence-electron chi connectivity index (χ1n) is 11.8. The number of imidazole rings is 1. The van der Waals surface area contributed by atoms with Gasteiger partial charge in [0.15, 0.2) is 10.8 Å². The van der Waals surface area contributed by atoms with E-state index in [0.29, 0.717) is 12.0 Å². The fourth-order valence-electron chi connectivity index (χ4n) is 4.28. The predicted octanol–water partition coefficient (Wildman–Crippen LogP) is 4.32. The van der Waals surface area contributed by atoms with Crippen LogP contribution in [0.25, 0.3) is 11.2 Å². The quantitative estimate of drug-likeness (QED) is 0.466. The van der Waals surface area contributed by atoms with Gasteiger partial charge >= 0.3 is 0 Å². The third-order valence-electron chi connectivity index (χ3n) is 6.25. The lowest BCUT2D eigenvalue weighted by Gasteiger charge is -2.26. The van der Waals surface area contributed by atoms with E-state index in [1.165, 1.54) is 5.69 Å². The standard InChI is InChI=1S/C25H33N7OS/c1-30(2)12-13-31(3)20-8-6-19(7-9-20)27-24-26-18-22-23(29-24)32(21-10-14-33-15-11-21)25(28-22)34-16-4-5-17-34/h4-9,16-18,21,34H,10-15H2,1-3H3,(H,26,27,29). The van der Waals surface area contributed by atoms with Crippen molar-refractivity contribution in [1.29, 1.82) is 0 Å². The van der Waals surface area contributed by atoms with Gasteiger partial charge in [-0.25, -0.2) is 9.97 Å². The number of benzene rings is 1. The summed E-state index contributed by atoms with van der Waals surface area (Å²) in [6.07, 6.45) is 8.01. The Labute approximate surface area is 203 Å². The molecule has 1 fully saturated rings. The predicted molar refractivity (Wildman–Crippen MR) is 141 cm³/mol. The molecule has 0 unspecified atom stereocenters. The molecule has 2 aliphatic rings. The molecule has 0 spiro atoms. The van der Waals surface area contributed by atoms with E-state index >= 15 is 0 Å². The smallest absolute Gasteiger partial charge is 0.229 e. The van der Waals surface area contributed by atoms with Crippen LogP contribution in [0.1, 0.15) is 18.9 Å². The summed E-state index contributed by atoms with van der Waals surface area (Å²) in [5.74, 6) is 0.589. The Morgan fingerprint density at radius 3 is 2.47 bits per heavy atom. The van der Waals surface area contributed by atoms with Gasteiger partial charge in [-0.15, -0.1) is 0 Å². The monoisotopic (exact) mass is 479 g/mol. The number of rotatable bonds is 8. The van der Waals surface area contributed by atoms with Crippen LogP contribution in [0.3, 0.4) is 0 Å². The van der Waals surface area contributed by atoms with Crippen LogP contribution in [0, 0.1) is 0 Å². The van der Waals surface area contributed by atoms with Crippen molar-refractivity contribution in [2.75, 3.05) is 57.7 Å². The Bertz CT molecular complexity index is 1170. The van der Waals surface area contributed by atoms with Gasteiger partial charge in [-0.3, -0.25) is 0 Å². The van der Waals surface area contributed by atoms with E-state index in [1.807, 2.05) is 6.20 Å². The molecule has 0 radical (unpaired) electrons. The Morgan fingerprint density at radius 2 is 1.76 bits per heavy atom. The van der Waals surface area contributed by atoms with Gasteiger partial charge in [-0.05, 0) is 62.0 Å². The molecule has 5 rings (SSSR count). The number of likely N-dealkylation sites (N-methyl/N-ethyl adjacent to an activating group) is 2.